The van der Waals surface area contributed by atoms with Crippen LogP contribution in [0.3, 0.4) is 0 Å². The molecule has 0 aliphatic carbocycles. The van der Waals surface area contributed by atoms with Crippen molar-refractivity contribution in [3.63, 3.8) is 0 Å². The summed E-state index contributed by atoms with van der Waals surface area (Å²) in [4.78, 5) is 11.0. The predicted octanol–water partition coefficient (Wildman–Crippen LogP) is 2.72. The second-order valence-corrected chi connectivity index (χ2v) is 4.01. The molecular weight excluding hydrogens is 261 g/mol. The van der Waals surface area contributed by atoms with Gasteiger partial charge in [-0.25, -0.2) is 9.18 Å². The molecule has 2 rings (SSSR count). The van der Waals surface area contributed by atoms with Gasteiger partial charge in [0.1, 0.15) is 11.9 Å². The first-order chi connectivity index (χ1) is 9.52. The Balaban J connectivity index is 2.46. The van der Waals surface area contributed by atoms with Crippen molar-refractivity contribution in [2.45, 2.75) is 0 Å². The Morgan fingerprint density at radius 3 is 2.65 bits per heavy atom. The summed E-state index contributed by atoms with van der Waals surface area (Å²) in [6.07, 6.45) is 0. The van der Waals surface area contributed by atoms with Crippen molar-refractivity contribution in [2.24, 2.45) is 0 Å². The zero-order valence-electron chi connectivity index (χ0n) is 10.2. The Bertz CT molecular complexity index is 723. The molecule has 0 aliphatic rings. The molecule has 0 heterocycles. The van der Waals surface area contributed by atoms with Crippen molar-refractivity contribution < 1.29 is 14.3 Å². The van der Waals surface area contributed by atoms with E-state index in [0.717, 1.165) is 12.1 Å². The van der Waals surface area contributed by atoms with E-state index in [2.05, 4.69) is 5.32 Å². The number of nitrogens with two attached hydrogens (primary N) is 1. The fourth-order valence-electron chi connectivity index (χ4n) is 1.70. The van der Waals surface area contributed by atoms with E-state index in [9.17, 15) is 9.18 Å². The van der Waals surface area contributed by atoms with Crippen LogP contribution in [-0.4, -0.2) is 11.1 Å². The summed E-state index contributed by atoms with van der Waals surface area (Å²) in [5.74, 6) is -1.95. The van der Waals surface area contributed by atoms with Gasteiger partial charge in [-0.1, -0.05) is 12.1 Å². The fraction of sp³-hybridized carbons (Fsp3) is 0. The molecule has 0 fully saturated rings. The van der Waals surface area contributed by atoms with Crippen molar-refractivity contribution in [2.75, 3.05) is 11.1 Å². The van der Waals surface area contributed by atoms with Gasteiger partial charge in [0.05, 0.1) is 22.5 Å². The summed E-state index contributed by atoms with van der Waals surface area (Å²) in [6.45, 7) is 0. The van der Waals surface area contributed by atoms with E-state index < -0.39 is 11.8 Å². The third kappa shape index (κ3) is 2.52. The molecule has 4 N–H and O–H groups in total. The number of halogens is 1. The lowest BCUT2D eigenvalue weighted by Gasteiger charge is -2.11. The van der Waals surface area contributed by atoms with Crippen molar-refractivity contribution in [1.82, 2.24) is 0 Å². The third-order valence-corrected chi connectivity index (χ3v) is 2.69. The number of carboxylic acid groups (broad SMARTS) is 1. The maximum Gasteiger partial charge on any atom is 0.337 e. The maximum atomic E-state index is 13.8. The minimum atomic E-state index is -1.25. The number of nitrogen functional groups attached to an aromatic ring is 1. The van der Waals surface area contributed by atoms with E-state index in [1.165, 1.54) is 0 Å². The molecule has 0 amide bonds. The van der Waals surface area contributed by atoms with Gasteiger partial charge in [-0.2, -0.15) is 5.26 Å². The van der Waals surface area contributed by atoms with Crippen LogP contribution in [0.4, 0.5) is 21.5 Å². The normalized spacial score (nSPS) is 9.80. The Morgan fingerprint density at radius 1 is 1.30 bits per heavy atom. The van der Waals surface area contributed by atoms with E-state index in [-0.39, 0.29) is 16.9 Å². The monoisotopic (exact) mass is 271 g/mol. The Morgan fingerprint density at radius 2 is 2.00 bits per heavy atom. The zero-order chi connectivity index (χ0) is 14.7. The first kappa shape index (κ1) is 13.4. The average Bonchev–Trinajstić information content (AvgIpc) is 2.42. The van der Waals surface area contributed by atoms with E-state index in [1.54, 1.807) is 24.3 Å². The van der Waals surface area contributed by atoms with Crippen molar-refractivity contribution in [3.05, 3.63) is 53.3 Å². The molecule has 0 bridgehead atoms. The van der Waals surface area contributed by atoms with Crippen molar-refractivity contribution >= 4 is 23.0 Å². The van der Waals surface area contributed by atoms with Crippen LogP contribution < -0.4 is 11.1 Å². The quantitative estimate of drug-likeness (QED) is 0.745. The Hall–Kier alpha value is -3.07. The van der Waals surface area contributed by atoms with Crippen molar-refractivity contribution in [3.8, 4) is 6.07 Å². The second-order valence-electron chi connectivity index (χ2n) is 4.01. The highest BCUT2D eigenvalue weighted by Crippen LogP contribution is 2.26. The summed E-state index contributed by atoms with van der Waals surface area (Å²) in [5, 5.41) is 20.6. The molecule has 100 valence electrons. The number of nitrogens with zero attached hydrogens (tertiary/aromatic N) is 1. The first-order valence-electron chi connectivity index (χ1n) is 5.61. The Labute approximate surface area is 114 Å². The van der Waals surface area contributed by atoms with Crippen LogP contribution in [0.1, 0.15) is 15.9 Å². The molecule has 5 nitrogen and oxygen atoms in total. The van der Waals surface area contributed by atoms with Gasteiger partial charge < -0.3 is 16.2 Å². The number of rotatable bonds is 3. The van der Waals surface area contributed by atoms with Crippen LogP contribution in [0.5, 0.6) is 0 Å². The second kappa shape index (κ2) is 5.28. The Kier molecular flexibility index (Phi) is 3.53. The largest absolute Gasteiger partial charge is 0.478 e. The van der Waals surface area contributed by atoms with E-state index in [0.29, 0.717) is 11.3 Å². The van der Waals surface area contributed by atoms with Gasteiger partial charge in [0.2, 0.25) is 0 Å². The molecule has 0 aromatic heterocycles. The molecule has 0 unspecified atom stereocenters. The molecule has 0 spiro atoms. The minimum Gasteiger partial charge on any atom is -0.478 e. The number of nitrogens with one attached hydrogen (secondary N) is 1. The van der Waals surface area contributed by atoms with Crippen LogP contribution in [0.2, 0.25) is 0 Å². The summed E-state index contributed by atoms with van der Waals surface area (Å²) in [6, 6.07) is 10.5. The predicted molar refractivity (Wildman–Crippen MR) is 72.2 cm³/mol. The number of para-hydroxylation sites is 1. The summed E-state index contributed by atoms with van der Waals surface area (Å²) < 4.78 is 13.8. The first-order valence-corrected chi connectivity index (χ1v) is 5.61. The van der Waals surface area contributed by atoms with E-state index >= 15 is 0 Å². The molecule has 0 radical (unpaired) electrons. The van der Waals surface area contributed by atoms with Gasteiger partial charge in [0, 0.05) is 5.69 Å². The van der Waals surface area contributed by atoms with Crippen LogP contribution in [0, 0.1) is 17.1 Å². The molecule has 2 aromatic carbocycles. The van der Waals surface area contributed by atoms with Crippen LogP contribution in [-0.2, 0) is 0 Å². The SMILES string of the molecule is N#Cc1ccccc1Nc1cc(C(=O)O)c(N)cc1F. The van der Waals surface area contributed by atoms with Crippen molar-refractivity contribution in [1.29, 1.82) is 5.26 Å². The molecule has 0 aliphatic heterocycles. The smallest absolute Gasteiger partial charge is 0.337 e. The number of hydrogen-bond donors (Lipinski definition) is 3. The summed E-state index contributed by atoms with van der Waals surface area (Å²) >= 11 is 0. The maximum absolute atomic E-state index is 13.8. The molecule has 2 aromatic rings. The highest BCUT2D eigenvalue weighted by molar-refractivity contribution is 5.95. The fourth-order valence-corrected chi connectivity index (χ4v) is 1.70. The number of anilines is 3. The lowest BCUT2D eigenvalue weighted by atomic mass is 10.1. The lowest BCUT2D eigenvalue weighted by Crippen LogP contribution is -2.05. The van der Waals surface area contributed by atoms with Gasteiger partial charge in [-0.05, 0) is 24.3 Å². The molecule has 0 saturated carbocycles. The molecule has 6 heteroatoms. The summed E-state index contributed by atoms with van der Waals surface area (Å²) in [7, 11) is 0. The zero-order valence-corrected chi connectivity index (χ0v) is 10.2. The third-order valence-electron chi connectivity index (χ3n) is 2.69. The van der Waals surface area contributed by atoms with Crippen LogP contribution >= 0.6 is 0 Å². The van der Waals surface area contributed by atoms with Gasteiger partial charge in [-0.15, -0.1) is 0 Å². The standard InChI is InChI=1S/C14H10FN3O2/c15-10-6-11(17)9(14(19)20)5-13(10)18-12-4-2-1-3-8(12)7-16/h1-6,18H,17H2,(H,19,20). The van der Waals surface area contributed by atoms with Gasteiger partial charge in [0.15, 0.2) is 0 Å². The lowest BCUT2D eigenvalue weighted by molar-refractivity contribution is 0.0698. The number of carboxylic acids is 1. The number of carbonyl (C=O) groups is 1. The highest BCUT2D eigenvalue weighted by atomic mass is 19.1. The van der Waals surface area contributed by atoms with Gasteiger partial charge in [-0.3, -0.25) is 0 Å². The highest BCUT2D eigenvalue weighted by Gasteiger charge is 2.14. The van der Waals surface area contributed by atoms with E-state index in [1.807, 2.05) is 6.07 Å². The van der Waals surface area contributed by atoms with Gasteiger partial charge in [0.25, 0.3) is 0 Å². The number of nitriles is 1. The topological polar surface area (TPSA) is 99.1 Å². The van der Waals surface area contributed by atoms with Crippen LogP contribution in [0.15, 0.2) is 36.4 Å². The number of aromatic carboxylic acids is 1. The van der Waals surface area contributed by atoms with E-state index in [4.69, 9.17) is 16.1 Å². The number of benzene rings is 2. The number of hydrogen-bond acceptors (Lipinski definition) is 4. The molecule has 0 atom stereocenters. The average molecular weight is 271 g/mol. The molecule has 20 heavy (non-hydrogen) atoms. The summed E-state index contributed by atoms with van der Waals surface area (Å²) in [5.41, 5.74) is 5.72. The van der Waals surface area contributed by atoms with Crippen LogP contribution in [0.25, 0.3) is 0 Å². The molecule has 0 saturated heterocycles. The minimum absolute atomic E-state index is 0.0562. The molecular formula is C14H10FN3O2. The van der Waals surface area contributed by atoms with Gasteiger partial charge >= 0.3 is 5.97 Å².